The molecule has 0 saturated carbocycles. The summed E-state index contributed by atoms with van der Waals surface area (Å²) in [4.78, 5) is 20.9. The van der Waals surface area contributed by atoms with Gasteiger partial charge in [-0.2, -0.15) is 0 Å². The lowest BCUT2D eigenvalue weighted by Crippen LogP contribution is -2.39. The standard InChI is InChI=1S/C9H18N2O4/c10-5-3-1-2-4-7(9(14)15)11-6-8(12)13/h7,11H,1-6,10H2,(H,12,13)(H,14,15). The van der Waals surface area contributed by atoms with Crippen molar-refractivity contribution in [2.45, 2.75) is 31.7 Å². The summed E-state index contributed by atoms with van der Waals surface area (Å²) >= 11 is 0. The minimum atomic E-state index is -1.05. The molecule has 6 heteroatoms. The maximum Gasteiger partial charge on any atom is 0.320 e. The quantitative estimate of drug-likeness (QED) is 0.393. The van der Waals surface area contributed by atoms with Crippen LogP contribution in [0.25, 0.3) is 0 Å². The molecule has 5 N–H and O–H groups in total. The molecule has 0 spiro atoms. The van der Waals surface area contributed by atoms with E-state index in [-0.39, 0.29) is 6.54 Å². The van der Waals surface area contributed by atoms with Gasteiger partial charge in [0.2, 0.25) is 0 Å². The number of unbranched alkanes of at least 4 members (excludes halogenated alkanes) is 2. The van der Waals surface area contributed by atoms with Crippen molar-refractivity contribution in [3.63, 3.8) is 0 Å². The van der Waals surface area contributed by atoms with Gasteiger partial charge in [0, 0.05) is 0 Å². The summed E-state index contributed by atoms with van der Waals surface area (Å²) in [7, 11) is 0. The molecule has 0 heterocycles. The van der Waals surface area contributed by atoms with Crippen LogP contribution in [-0.4, -0.2) is 41.3 Å². The number of nitrogens with two attached hydrogens (primary N) is 1. The van der Waals surface area contributed by atoms with E-state index in [1.807, 2.05) is 0 Å². The van der Waals surface area contributed by atoms with E-state index in [0.29, 0.717) is 13.0 Å². The third-order valence-electron chi connectivity index (χ3n) is 1.99. The highest BCUT2D eigenvalue weighted by Crippen LogP contribution is 2.03. The molecule has 0 amide bonds. The lowest BCUT2D eigenvalue weighted by Gasteiger charge is -2.12. The van der Waals surface area contributed by atoms with Crippen LogP contribution in [0.3, 0.4) is 0 Å². The highest BCUT2D eigenvalue weighted by Gasteiger charge is 2.16. The van der Waals surface area contributed by atoms with Gasteiger partial charge in [-0.15, -0.1) is 0 Å². The third kappa shape index (κ3) is 7.90. The maximum atomic E-state index is 10.7. The van der Waals surface area contributed by atoms with E-state index >= 15 is 0 Å². The van der Waals surface area contributed by atoms with Gasteiger partial charge in [-0.05, 0) is 19.4 Å². The Morgan fingerprint density at radius 3 is 2.33 bits per heavy atom. The van der Waals surface area contributed by atoms with Crippen LogP contribution in [0.5, 0.6) is 0 Å². The van der Waals surface area contributed by atoms with Crippen LogP contribution >= 0.6 is 0 Å². The molecule has 0 aliphatic carbocycles. The molecule has 0 aromatic heterocycles. The topological polar surface area (TPSA) is 113 Å². The summed E-state index contributed by atoms with van der Waals surface area (Å²) in [6.45, 7) is 0.272. The molecule has 0 aliphatic heterocycles. The molecule has 0 rings (SSSR count). The van der Waals surface area contributed by atoms with Crippen molar-refractivity contribution >= 4 is 11.9 Å². The van der Waals surface area contributed by atoms with Gasteiger partial charge in [0.15, 0.2) is 0 Å². The van der Waals surface area contributed by atoms with Gasteiger partial charge < -0.3 is 15.9 Å². The summed E-state index contributed by atoms with van der Waals surface area (Å²) in [5.41, 5.74) is 5.29. The molecule has 0 aliphatic rings. The molecule has 1 unspecified atom stereocenters. The molecule has 0 radical (unpaired) electrons. The first-order chi connectivity index (χ1) is 7.07. The van der Waals surface area contributed by atoms with Crippen LogP contribution in [-0.2, 0) is 9.59 Å². The first-order valence-electron chi connectivity index (χ1n) is 4.96. The summed E-state index contributed by atoms with van der Waals surface area (Å²) in [5, 5.41) is 19.6. The van der Waals surface area contributed by atoms with E-state index in [4.69, 9.17) is 15.9 Å². The number of hydrogen-bond acceptors (Lipinski definition) is 4. The van der Waals surface area contributed by atoms with Gasteiger partial charge >= 0.3 is 11.9 Å². The van der Waals surface area contributed by atoms with Crippen LogP contribution in [0, 0.1) is 0 Å². The zero-order valence-electron chi connectivity index (χ0n) is 8.61. The fourth-order valence-electron chi connectivity index (χ4n) is 1.19. The first kappa shape index (κ1) is 13.9. The SMILES string of the molecule is NCCCCCC(NCC(=O)O)C(=O)O. The van der Waals surface area contributed by atoms with Crippen molar-refractivity contribution in [2.24, 2.45) is 5.73 Å². The average Bonchev–Trinajstić information content (AvgIpc) is 2.15. The predicted octanol–water partition coefficient (Wildman–Crippen LogP) is -0.367. The summed E-state index contributed by atoms with van der Waals surface area (Å²) < 4.78 is 0. The largest absolute Gasteiger partial charge is 0.480 e. The van der Waals surface area contributed by atoms with Crippen molar-refractivity contribution in [1.82, 2.24) is 5.32 Å². The van der Waals surface area contributed by atoms with Crippen molar-refractivity contribution in [3.8, 4) is 0 Å². The van der Waals surface area contributed by atoms with Crippen LogP contribution < -0.4 is 11.1 Å². The number of hydrogen-bond donors (Lipinski definition) is 4. The Balaban J connectivity index is 3.73. The molecule has 6 nitrogen and oxygen atoms in total. The van der Waals surface area contributed by atoms with Gasteiger partial charge in [-0.3, -0.25) is 14.9 Å². The average molecular weight is 218 g/mol. The highest BCUT2D eigenvalue weighted by molar-refractivity contribution is 5.75. The molecular weight excluding hydrogens is 200 g/mol. The van der Waals surface area contributed by atoms with Crippen molar-refractivity contribution in [3.05, 3.63) is 0 Å². The monoisotopic (exact) mass is 218 g/mol. The second-order valence-corrected chi connectivity index (χ2v) is 3.30. The van der Waals surface area contributed by atoms with Gasteiger partial charge in [0.05, 0.1) is 6.54 Å². The number of carboxylic acid groups (broad SMARTS) is 2. The van der Waals surface area contributed by atoms with E-state index in [0.717, 1.165) is 19.3 Å². The van der Waals surface area contributed by atoms with Gasteiger partial charge in [0.1, 0.15) is 6.04 Å². The summed E-state index contributed by atoms with van der Waals surface area (Å²) in [6, 6.07) is -0.779. The Morgan fingerprint density at radius 1 is 1.20 bits per heavy atom. The number of rotatable bonds is 9. The lowest BCUT2D eigenvalue weighted by molar-refractivity contribution is -0.140. The Morgan fingerprint density at radius 2 is 1.87 bits per heavy atom. The zero-order chi connectivity index (χ0) is 11.7. The smallest absolute Gasteiger partial charge is 0.320 e. The van der Waals surface area contributed by atoms with Crippen LogP contribution in [0.1, 0.15) is 25.7 Å². The minimum absolute atomic E-state index is 0.326. The van der Waals surface area contributed by atoms with Crippen LogP contribution in [0.15, 0.2) is 0 Å². The number of carbonyl (C=O) groups is 2. The van der Waals surface area contributed by atoms with E-state index in [1.165, 1.54) is 0 Å². The molecule has 0 saturated heterocycles. The summed E-state index contributed by atoms with van der Waals surface area (Å²) in [5.74, 6) is -2.06. The Bertz CT molecular complexity index is 208. The van der Waals surface area contributed by atoms with E-state index in [2.05, 4.69) is 5.32 Å². The third-order valence-corrected chi connectivity index (χ3v) is 1.99. The van der Waals surface area contributed by atoms with E-state index < -0.39 is 18.0 Å². The molecule has 0 aromatic carbocycles. The molecule has 88 valence electrons. The minimum Gasteiger partial charge on any atom is -0.480 e. The highest BCUT2D eigenvalue weighted by atomic mass is 16.4. The molecule has 0 aromatic rings. The Labute approximate surface area is 88.5 Å². The zero-order valence-corrected chi connectivity index (χ0v) is 8.61. The first-order valence-corrected chi connectivity index (χ1v) is 4.96. The second-order valence-electron chi connectivity index (χ2n) is 3.30. The maximum absolute atomic E-state index is 10.7. The van der Waals surface area contributed by atoms with Gasteiger partial charge in [0.25, 0.3) is 0 Å². The van der Waals surface area contributed by atoms with E-state index in [9.17, 15) is 9.59 Å². The van der Waals surface area contributed by atoms with Crippen LogP contribution in [0.2, 0.25) is 0 Å². The van der Waals surface area contributed by atoms with Crippen molar-refractivity contribution in [1.29, 1.82) is 0 Å². The van der Waals surface area contributed by atoms with Gasteiger partial charge in [-0.1, -0.05) is 12.8 Å². The Kier molecular flexibility index (Phi) is 7.57. The molecule has 1 atom stereocenters. The Hall–Kier alpha value is -1.14. The van der Waals surface area contributed by atoms with Crippen LogP contribution in [0.4, 0.5) is 0 Å². The second kappa shape index (κ2) is 8.19. The van der Waals surface area contributed by atoms with E-state index in [1.54, 1.807) is 0 Å². The molecule has 0 fully saturated rings. The predicted molar refractivity (Wildman–Crippen MR) is 54.6 cm³/mol. The molecule has 15 heavy (non-hydrogen) atoms. The number of aliphatic carboxylic acids is 2. The summed E-state index contributed by atoms with van der Waals surface area (Å²) in [6.07, 6.45) is 2.91. The normalized spacial score (nSPS) is 12.3. The molecule has 0 bridgehead atoms. The molecular formula is C9H18N2O4. The number of carboxylic acids is 2. The number of nitrogens with one attached hydrogen (secondary N) is 1. The van der Waals surface area contributed by atoms with Crippen molar-refractivity contribution in [2.75, 3.05) is 13.1 Å². The van der Waals surface area contributed by atoms with Crippen molar-refractivity contribution < 1.29 is 19.8 Å². The lowest BCUT2D eigenvalue weighted by atomic mass is 10.1. The fourth-order valence-corrected chi connectivity index (χ4v) is 1.19. The van der Waals surface area contributed by atoms with Gasteiger partial charge in [-0.25, -0.2) is 0 Å². The fraction of sp³-hybridized carbons (Fsp3) is 0.778.